The summed E-state index contributed by atoms with van der Waals surface area (Å²) < 4.78 is 10.4. The number of rotatable bonds is 3. The van der Waals surface area contributed by atoms with Crippen molar-refractivity contribution in [2.75, 3.05) is 12.1 Å². The minimum absolute atomic E-state index is 0.217. The van der Waals surface area contributed by atoms with Crippen LogP contribution in [0.2, 0.25) is 0 Å². The molecule has 3 rings (SSSR count). The van der Waals surface area contributed by atoms with E-state index in [1.54, 1.807) is 35.7 Å². The molecule has 20 heavy (non-hydrogen) atoms. The molecule has 1 aromatic heterocycles. The zero-order chi connectivity index (χ0) is 13.8. The van der Waals surface area contributed by atoms with Crippen molar-refractivity contribution >= 4 is 29.1 Å². The molecule has 0 unspecified atom stereocenters. The number of fused-ring (bicyclic) bond motifs is 1. The first-order valence-corrected chi connectivity index (χ1v) is 6.86. The topological polar surface area (TPSA) is 59.6 Å². The van der Waals surface area contributed by atoms with Gasteiger partial charge in [-0.25, -0.2) is 4.79 Å². The number of hydrogen-bond donors (Lipinski definition) is 2. The maximum atomic E-state index is 11.7. The van der Waals surface area contributed by atoms with Gasteiger partial charge in [0.2, 0.25) is 6.79 Å². The summed E-state index contributed by atoms with van der Waals surface area (Å²) in [7, 11) is 0. The fourth-order valence-corrected chi connectivity index (χ4v) is 2.35. The van der Waals surface area contributed by atoms with Crippen molar-refractivity contribution < 1.29 is 14.3 Å². The van der Waals surface area contributed by atoms with E-state index in [1.165, 1.54) is 0 Å². The molecule has 5 nitrogen and oxygen atoms in total. The Morgan fingerprint density at radius 3 is 3.00 bits per heavy atom. The van der Waals surface area contributed by atoms with E-state index in [9.17, 15) is 4.79 Å². The van der Waals surface area contributed by atoms with E-state index < -0.39 is 0 Å². The van der Waals surface area contributed by atoms with E-state index in [2.05, 4.69) is 10.6 Å². The molecule has 2 heterocycles. The van der Waals surface area contributed by atoms with Gasteiger partial charge in [0.25, 0.3) is 0 Å². The number of benzene rings is 1. The van der Waals surface area contributed by atoms with E-state index in [0.717, 1.165) is 4.88 Å². The van der Waals surface area contributed by atoms with Gasteiger partial charge in [-0.1, -0.05) is 6.07 Å². The van der Waals surface area contributed by atoms with Crippen LogP contribution in [0, 0.1) is 0 Å². The second-order valence-corrected chi connectivity index (χ2v) is 4.99. The van der Waals surface area contributed by atoms with Crippen molar-refractivity contribution in [3.8, 4) is 11.5 Å². The molecule has 2 amide bonds. The van der Waals surface area contributed by atoms with Gasteiger partial charge in [0.05, 0.1) is 0 Å². The highest BCUT2D eigenvalue weighted by Gasteiger charge is 2.13. The Bertz CT molecular complexity index is 638. The highest BCUT2D eigenvalue weighted by Crippen LogP contribution is 2.34. The van der Waals surface area contributed by atoms with Crippen LogP contribution in [0.25, 0.3) is 6.08 Å². The summed E-state index contributed by atoms with van der Waals surface area (Å²) in [5.41, 5.74) is 0.649. The molecular formula is C14H12N2O3S. The van der Waals surface area contributed by atoms with Crippen LogP contribution >= 0.6 is 11.3 Å². The van der Waals surface area contributed by atoms with Crippen LogP contribution in [0.3, 0.4) is 0 Å². The molecule has 0 saturated carbocycles. The van der Waals surface area contributed by atoms with Crippen LogP contribution in [0.1, 0.15) is 4.88 Å². The van der Waals surface area contributed by atoms with E-state index in [-0.39, 0.29) is 12.8 Å². The molecule has 0 bridgehead atoms. The Labute approximate surface area is 119 Å². The smallest absolute Gasteiger partial charge is 0.323 e. The lowest BCUT2D eigenvalue weighted by Gasteiger charge is -2.05. The van der Waals surface area contributed by atoms with Crippen LogP contribution in [-0.4, -0.2) is 12.8 Å². The van der Waals surface area contributed by atoms with E-state index in [0.29, 0.717) is 17.2 Å². The summed E-state index contributed by atoms with van der Waals surface area (Å²) in [5, 5.41) is 7.34. The SMILES string of the molecule is O=C(N/C=C/c1cccs1)Nc1ccc2c(c1)OCO2. The van der Waals surface area contributed by atoms with Crippen molar-refractivity contribution in [1.82, 2.24) is 5.32 Å². The molecule has 0 radical (unpaired) electrons. The van der Waals surface area contributed by atoms with Crippen LogP contribution in [0.15, 0.2) is 41.9 Å². The predicted octanol–water partition coefficient (Wildman–Crippen LogP) is 3.27. The first-order valence-electron chi connectivity index (χ1n) is 5.98. The summed E-state index contributed by atoms with van der Waals surface area (Å²) in [5.74, 6) is 1.32. The number of carbonyl (C=O) groups is 1. The molecule has 1 aliphatic rings. The Morgan fingerprint density at radius 2 is 2.15 bits per heavy atom. The number of hydrogen-bond acceptors (Lipinski definition) is 4. The summed E-state index contributed by atoms with van der Waals surface area (Å²) >= 11 is 1.60. The van der Waals surface area contributed by atoms with Crippen LogP contribution in [0.4, 0.5) is 10.5 Å². The van der Waals surface area contributed by atoms with Crippen LogP contribution in [-0.2, 0) is 0 Å². The molecule has 1 aromatic carbocycles. The van der Waals surface area contributed by atoms with Crippen molar-refractivity contribution in [2.45, 2.75) is 0 Å². The average Bonchev–Trinajstić information content (AvgIpc) is 3.08. The molecule has 6 heteroatoms. The van der Waals surface area contributed by atoms with Gasteiger partial charge in [0.15, 0.2) is 11.5 Å². The fraction of sp³-hybridized carbons (Fsp3) is 0.0714. The van der Waals surface area contributed by atoms with Crippen LogP contribution in [0.5, 0.6) is 11.5 Å². The average molecular weight is 288 g/mol. The van der Waals surface area contributed by atoms with E-state index in [4.69, 9.17) is 9.47 Å². The number of anilines is 1. The van der Waals surface area contributed by atoms with Gasteiger partial charge in [0, 0.05) is 22.8 Å². The highest BCUT2D eigenvalue weighted by molar-refractivity contribution is 7.10. The van der Waals surface area contributed by atoms with Gasteiger partial charge >= 0.3 is 6.03 Å². The lowest BCUT2D eigenvalue weighted by molar-refractivity contribution is 0.174. The lowest BCUT2D eigenvalue weighted by atomic mass is 10.3. The molecule has 0 aliphatic carbocycles. The third-order valence-electron chi connectivity index (χ3n) is 2.64. The number of thiophene rings is 1. The maximum Gasteiger partial charge on any atom is 0.323 e. The van der Waals surface area contributed by atoms with Crippen molar-refractivity contribution in [1.29, 1.82) is 0 Å². The number of urea groups is 1. The Morgan fingerprint density at radius 1 is 1.25 bits per heavy atom. The quantitative estimate of drug-likeness (QED) is 0.911. The minimum atomic E-state index is -0.309. The summed E-state index contributed by atoms with van der Waals surface area (Å²) in [6, 6.07) is 8.87. The standard InChI is InChI=1S/C14H12N2O3S/c17-14(15-6-5-11-2-1-7-20-11)16-10-3-4-12-13(8-10)19-9-18-12/h1-8H,9H2,(H2,15,16,17)/b6-5+. The molecule has 0 fully saturated rings. The molecule has 102 valence electrons. The lowest BCUT2D eigenvalue weighted by Crippen LogP contribution is -2.23. The third-order valence-corrected chi connectivity index (χ3v) is 3.47. The third kappa shape index (κ3) is 2.92. The largest absolute Gasteiger partial charge is 0.454 e. The first kappa shape index (κ1) is 12.6. The number of ether oxygens (including phenoxy) is 2. The van der Waals surface area contributed by atoms with Gasteiger partial charge in [-0.05, 0) is 29.7 Å². The second kappa shape index (κ2) is 5.66. The molecular weight excluding hydrogens is 276 g/mol. The fourth-order valence-electron chi connectivity index (χ4n) is 1.73. The van der Waals surface area contributed by atoms with Crippen molar-refractivity contribution in [2.24, 2.45) is 0 Å². The van der Waals surface area contributed by atoms with E-state index in [1.807, 2.05) is 23.6 Å². The monoisotopic (exact) mass is 288 g/mol. The van der Waals surface area contributed by atoms with E-state index >= 15 is 0 Å². The van der Waals surface area contributed by atoms with Gasteiger partial charge in [0.1, 0.15) is 0 Å². The number of carbonyl (C=O) groups excluding carboxylic acids is 1. The first-order chi connectivity index (χ1) is 9.81. The zero-order valence-corrected chi connectivity index (χ0v) is 11.3. The van der Waals surface area contributed by atoms with Gasteiger partial charge in [-0.15, -0.1) is 11.3 Å². The summed E-state index contributed by atoms with van der Waals surface area (Å²) in [6.45, 7) is 0.217. The Hall–Kier alpha value is -2.47. The molecule has 0 spiro atoms. The van der Waals surface area contributed by atoms with Crippen molar-refractivity contribution in [3.05, 3.63) is 46.8 Å². The summed E-state index contributed by atoms with van der Waals surface area (Å²) in [6.07, 6.45) is 3.44. The van der Waals surface area contributed by atoms with Gasteiger partial charge < -0.3 is 20.1 Å². The van der Waals surface area contributed by atoms with Gasteiger partial charge in [-0.3, -0.25) is 0 Å². The van der Waals surface area contributed by atoms with Crippen molar-refractivity contribution in [3.63, 3.8) is 0 Å². The zero-order valence-electron chi connectivity index (χ0n) is 10.5. The maximum absolute atomic E-state index is 11.7. The van der Waals surface area contributed by atoms with Crippen LogP contribution < -0.4 is 20.1 Å². The molecule has 0 saturated heterocycles. The minimum Gasteiger partial charge on any atom is -0.454 e. The molecule has 2 N–H and O–H groups in total. The summed E-state index contributed by atoms with van der Waals surface area (Å²) in [4.78, 5) is 12.8. The number of amides is 2. The molecule has 0 atom stereocenters. The normalized spacial score (nSPS) is 12.6. The molecule has 1 aliphatic heterocycles. The highest BCUT2D eigenvalue weighted by atomic mass is 32.1. The van der Waals surface area contributed by atoms with Gasteiger partial charge in [-0.2, -0.15) is 0 Å². The molecule has 2 aromatic rings. The predicted molar refractivity (Wildman–Crippen MR) is 78.1 cm³/mol. The second-order valence-electron chi connectivity index (χ2n) is 4.02. The Kier molecular flexibility index (Phi) is 3.56. The Balaban J connectivity index is 1.56. The number of nitrogens with one attached hydrogen (secondary N) is 2.